The van der Waals surface area contributed by atoms with Crippen LogP contribution >= 0.6 is 0 Å². The van der Waals surface area contributed by atoms with Gasteiger partial charge >= 0.3 is 6.03 Å². The standard InChI is InChI=1S/C16H23N3O3/c1-17-16(21)18-15(20)9-11-19-10-5-6-13(19)12-22-14-7-3-2-4-8-14/h2-4,7-8,13H,5-6,9-12H2,1H3,(H2,17,18,20,21)/t13-/m1/s1. The molecule has 1 aromatic rings. The van der Waals surface area contributed by atoms with E-state index in [0.29, 0.717) is 25.6 Å². The molecule has 1 atom stereocenters. The molecule has 1 aliphatic heterocycles. The normalized spacial score (nSPS) is 18.0. The lowest BCUT2D eigenvalue weighted by Gasteiger charge is -2.24. The number of benzene rings is 1. The number of urea groups is 1. The molecule has 1 aromatic carbocycles. The summed E-state index contributed by atoms with van der Waals surface area (Å²) in [6.07, 6.45) is 2.50. The van der Waals surface area contributed by atoms with E-state index < -0.39 is 6.03 Å². The molecule has 1 fully saturated rings. The molecular formula is C16H23N3O3. The van der Waals surface area contributed by atoms with Crippen molar-refractivity contribution < 1.29 is 14.3 Å². The summed E-state index contributed by atoms with van der Waals surface area (Å²) in [6.45, 7) is 2.24. The van der Waals surface area contributed by atoms with Crippen molar-refractivity contribution in [3.63, 3.8) is 0 Å². The minimum Gasteiger partial charge on any atom is -0.492 e. The van der Waals surface area contributed by atoms with Crippen molar-refractivity contribution in [3.8, 4) is 5.75 Å². The zero-order valence-electron chi connectivity index (χ0n) is 12.9. The monoisotopic (exact) mass is 305 g/mol. The third kappa shape index (κ3) is 5.04. The van der Waals surface area contributed by atoms with Gasteiger partial charge in [-0.3, -0.25) is 15.0 Å². The fraction of sp³-hybridized carbons (Fsp3) is 0.500. The Morgan fingerprint density at radius 3 is 2.82 bits per heavy atom. The second-order valence-electron chi connectivity index (χ2n) is 5.33. The molecule has 0 aromatic heterocycles. The maximum atomic E-state index is 11.6. The molecule has 0 saturated carbocycles. The third-order valence-corrected chi connectivity index (χ3v) is 3.79. The van der Waals surface area contributed by atoms with Crippen molar-refractivity contribution >= 4 is 11.9 Å². The van der Waals surface area contributed by atoms with Gasteiger partial charge in [0, 0.05) is 26.1 Å². The molecule has 6 heteroatoms. The summed E-state index contributed by atoms with van der Waals surface area (Å²) in [6, 6.07) is 9.60. The quantitative estimate of drug-likeness (QED) is 0.833. The van der Waals surface area contributed by atoms with Crippen LogP contribution in [0.2, 0.25) is 0 Å². The Bertz CT molecular complexity index is 493. The van der Waals surface area contributed by atoms with Crippen LogP contribution in [0.3, 0.4) is 0 Å². The first-order chi connectivity index (χ1) is 10.7. The lowest BCUT2D eigenvalue weighted by molar-refractivity contribution is -0.120. The predicted octanol–water partition coefficient (Wildman–Crippen LogP) is 1.38. The fourth-order valence-corrected chi connectivity index (χ4v) is 2.58. The van der Waals surface area contributed by atoms with E-state index in [4.69, 9.17) is 4.74 Å². The Hall–Kier alpha value is -2.08. The summed E-state index contributed by atoms with van der Waals surface area (Å²) < 4.78 is 5.80. The molecule has 22 heavy (non-hydrogen) atoms. The van der Waals surface area contributed by atoms with Crippen molar-refractivity contribution in [3.05, 3.63) is 30.3 Å². The SMILES string of the molecule is CNC(=O)NC(=O)CCN1CCC[C@@H]1COc1ccccc1. The summed E-state index contributed by atoms with van der Waals surface area (Å²) in [7, 11) is 1.49. The molecule has 0 aliphatic carbocycles. The summed E-state index contributed by atoms with van der Waals surface area (Å²) >= 11 is 0. The average molecular weight is 305 g/mol. The predicted molar refractivity (Wildman–Crippen MR) is 83.7 cm³/mol. The Balaban J connectivity index is 1.73. The average Bonchev–Trinajstić information content (AvgIpc) is 2.99. The molecule has 1 saturated heterocycles. The maximum absolute atomic E-state index is 11.6. The summed E-state index contributed by atoms with van der Waals surface area (Å²) in [5, 5.41) is 4.65. The molecule has 1 heterocycles. The van der Waals surface area contributed by atoms with Gasteiger partial charge in [0.1, 0.15) is 12.4 Å². The van der Waals surface area contributed by atoms with E-state index in [0.717, 1.165) is 25.1 Å². The van der Waals surface area contributed by atoms with Crippen LogP contribution in [0.15, 0.2) is 30.3 Å². The zero-order valence-corrected chi connectivity index (χ0v) is 12.9. The Kier molecular flexibility index (Phi) is 6.21. The van der Waals surface area contributed by atoms with Gasteiger partial charge in [0.05, 0.1) is 0 Å². The molecule has 0 bridgehead atoms. The van der Waals surface area contributed by atoms with Gasteiger partial charge in [0.15, 0.2) is 0 Å². The largest absolute Gasteiger partial charge is 0.492 e. The van der Waals surface area contributed by atoms with Crippen molar-refractivity contribution in [1.29, 1.82) is 0 Å². The Morgan fingerprint density at radius 2 is 2.09 bits per heavy atom. The smallest absolute Gasteiger partial charge is 0.321 e. The van der Waals surface area contributed by atoms with Crippen molar-refractivity contribution in [2.45, 2.75) is 25.3 Å². The van der Waals surface area contributed by atoms with Crippen molar-refractivity contribution in [1.82, 2.24) is 15.5 Å². The second kappa shape index (κ2) is 8.38. The lowest BCUT2D eigenvalue weighted by Crippen LogP contribution is -2.40. The number of imide groups is 1. The van der Waals surface area contributed by atoms with Gasteiger partial charge in [-0.25, -0.2) is 4.79 Å². The van der Waals surface area contributed by atoms with Crippen LogP contribution < -0.4 is 15.4 Å². The number of nitrogens with zero attached hydrogens (tertiary/aromatic N) is 1. The molecule has 3 amide bonds. The van der Waals surface area contributed by atoms with Crippen LogP contribution in [0.25, 0.3) is 0 Å². The molecule has 1 aliphatic rings. The number of hydrogen-bond donors (Lipinski definition) is 2. The molecule has 0 unspecified atom stereocenters. The highest BCUT2D eigenvalue weighted by Gasteiger charge is 2.25. The Labute approximate surface area is 130 Å². The number of carbonyl (C=O) groups excluding carboxylic acids is 2. The number of likely N-dealkylation sites (tertiary alicyclic amines) is 1. The highest BCUT2D eigenvalue weighted by atomic mass is 16.5. The van der Waals surface area contributed by atoms with Crippen LogP contribution in [0.5, 0.6) is 5.75 Å². The number of hydrogen-bond acceptors (Lipinski definition) is 4. The van der Waals surface area contributed by atoms with Gasteiger partial charge < -0.3 is 10.1 Å². The van der Waals surface area contributed by atoms with E-state index in [-0.39, 0.29) is 5.91 Å². The zero-order chi connectivity index (χ0) is 15.8. The molecule has 0 spiro atoms. The summed E-state index contributed by atoms with van der Waals surface area (Å²) in [4.78, 5) is 24.9. The minimum absolute atomic E-state index is 0.256. The second-order valence-corrected chi connectivity index (χ2v) is 5.33. The van der Waals surface area contributed by atoms with Crippen LogP contribution in [-0.4, -0.2) is 49.6 Å². The van der Waals surface area contributed by atoms with Crippen LogP contribution in [0, 0.1) is 0 Å². The first-order valence-electron chi connectivity index (χ1n) is 7.62. The topological polar surface area (TPSA) is 70.7 Å². The first kappa shape index (κ1) is 16.3. The van der Waals surface area contributed by atoms with Gasteiger partial charge in [0.25, 0.3) is 0 Å². The van der Waals surface area contributed by atoms with E-state index >= 15 is 0 Å². The fourth-order valence-electron chi connectivity index (χ4n) is 2.58. The van der Waals surface area contributed by atoms with E-state index in [2.05, 4.69) is 15.5 Å². The van der Waals surface area contributed by atoms with Gasteiger partial charge in [-0.1, -0.05) is 18.2 Å². The minimum atomic E-state index is -0.463. The number of rotatable bonds is 6. The number of nitrogens with one attached hydrogen (secondary N) is 2. The van der Waals surface area contributed by atoms with Crippen LogP contribution in [0.4, 0.5) is 4.79 Å². The number of ether oxygens (including phenoxy) is 1. The number of amides is 3. The van der Waals surface area contributed by atoms with E-state index in [9.17, 15) is 9.59 Å². The van der Waals surface area contributed by atoms with E-state index in [1.165, 1.54) is 7.05 Å². The Morgan fingerprint density at radius 1 is 1.32 bits per heavy atom. The molecule has 2 N–H and O–H groups in total. The van der Waals surface area contributed by atoms with Crippen molar-refractivity contribution in [2.75, 3.05) is 26.7 Å². The lowest BCUT2D eigenvalue weighted by atomic mass is 10.2. The number of para-hydroxylation sites is 1. The van der Waals surface area contributed by atoms with E-state index in [1.807, 2.05) is 30.3 Å². The molecule has 2 rings (SSSR count). The highest BCUT2D eigenvalue weighted by Crippen LogP contribution is 2.19. The molecular weight excluding hydrogens is 282 g/mol. The maximum Gasteiger partial charge on any atom is 0.321 e. The third-order valence-electron chi connectivity index (χ3n) is 3.79. The van der Waals surface area contributed by atoms with Gasteiger partial charge in [0.2, 0.25) is 5.91 Å². The number of carbonyl (C=O) groups is 2. The van der Waals surface area contributed by atoms with E-state index in [1.54, 1.807) is 0 Å². The molecule has 120 valence electrons. The van der Waals surface area contributed by atoms with Crippen LogP contribution in [-0.2, 0) is 4.79 Å². The summed E-state index contributed by atoms with van der Waals surface area (Å²) in [5.41, 5.74) is 0. The molecule has 6 nitrogen and oxygen atoms in total. The molecule has 0 radical (unpaired) electrons. The van der Waals surface area contributed by atoms with Crippen LogP contribution in [0.1, 0.15) is 19.3 Å². The summed E-state index contributed by atoms with van der Waals surface area (Å²) in [5.74, 6) is 0.612. The van der Waals surface area contributed by atoms with Crippen molar-refractivity contribution in [2.24, 2.45) is 0 Å². The van der Waals surface area contributed by atoms with Gasteiger partial charge in [-0.15, -0.1) is 0 Å². The first-order valence-corrected chi connectivity index (χ1v) is 7.62. The highest BCUT2D eigenvalue weighted by molar-refractivity contribution is 5.94. The van der Waals surface area contributed by atoms with Gasteiger partial charge in [-0.05, 0) is 31.5 Å². The van der Waals surface area contributed by atoms with Gasteiger partial charge in [-0.2, -0.15) is 0 Å².